The number of carboxylic acid groups (broad SMARTS) is 1. The lowest BCUT2D eigenvalue weighted by Gasteiger charge is -2.25. The summed E-state index contributed by atoms with van der Waals surface area (Å²) in [7, 11) is 0. The predicted molar refractivity (Wildman–Crippen MR) is 118 cm³/mol. The summed E-state index contributed by atoms with van der Waals surface area (Å²) in [4.78, 5) is 24.5. The van der Waals surface area contributed by atoms with E-state index >= 15 is 0 Å². The molecule has 0 spiro atoms. The van der Waals surface area contributed by atoms with Gasteiger partial charge in [0.05, 0.1) is 11.6 Å². The summed E-state index contributed by atoms with van der Waals surface area (Å²) >= 11 is 0. The van der Waals surface area contributed by atoms with Crippen molar-refractivity contribution in [1.29, 1.82) is 0 Å². The first-order valence-corrected chi connectivity index (χ1v) is 10.5. The summed E-state index contributed by atoms with van der Waals surface area (Å²) in [6.45, 7) is 8.37. The monoisotopic (exact) mass is 395 g/mol. The number of nitrogens with one attached hydrogen (secondary N) is 1. The molecule has 0 aliphatic heterocycles. The van der Waals surface area contributed by atoms with E-state index in [0.29, 0.717) is 5.56 Å². The summed E-state index contributed by atoms with van der Waals surface area (Å²) in [5, 5.41) is 12.7. The lowest BCUT2D eigenvalue weighted by molar-refractivity contribution is 0.0696. The minimum absolute atomic E-state index is 0.135. The van der Waals surface area contributed by atoms with Gasteiger partial charge in [0, 0.05) is 5.56 Å². The Labute approximate surface area is 174 Å². The Balaban J connectivity index is 2.37. The highest BCUT2D eigenvalue weighted by atomic mass is 16.4. The lowest BCUT2D eigenvalue weighted by atomic mass is 9.83. The van der Waals surface area contributed by atoms with Crippen molar-refractivity contribution in [2.45, 2.75) is 71.3 Å². The second-order valence-electron chi connectivity index (χ2n) is 8.64. The van der Waals surface area contributed by atoms with Gasteiger partial charge < -0.3 is 10.4 Å². The third-order valence-corrected chi connectivity index (χ3v) is 5.16. The Morgan fingerprint density at radius 1 is 0.966 bits per heavy atom. The number of carbonyl (C=O) groups excluding carboxylic acids is 1. The minimum Gasteiger partial charge on any atom is -0.478 e. The molecule has 0 aliphatic carbocycles. The molecule has 0 aliphatic rings. The zero-order valence-corrected chi connectivity index (χ0v) is 18.0. The maximum Gasteiger partial charge on any atom is 0.335 e. The predicted octanol–water partition coefficient (Wildman–Crippen LogP) is 6.12. The third-order valence-electron chi connectivity index (χ3n) is 5.16. The van der Waals surface area contributed by atoms with E-state index in [0.717, 1.165) is 43.2 Å². The molecule has 4 nitrogen and oxygen atoms in total. The van der Waals surface area contributed by atoms with E-state index in [1.807, 2.05) is 24.3 Å². The summed E-state index contributed by atoms with van der Waals surface area (Å²) in [5.74, 6) is -1.08. The molecule has 2 rings (SSSR count). The Bertz CT molecular complexity index is 822. The van der Waals surface area contributed by atoms with Crippen LogP contribution in [0, 0.1) is 0 Å². The van der Waals surface area contributed by atoms with Crippen molar-refractivity contribution in [2.75, 3.05) is 0 Å². The van der Waals surface area contributed by atoms with Crippen molar-refractivity contribution in [3.05, 3.63) is 70.8 Å². The maximum absolute atomic E-state index is 12.8. The first-order valence-electron chi connectivity index (χ1n) is 10.5. The summed E-state index contributed by atoms with van der Waals surface area (Å²) in [5.41, 5.74) is 2.50. The number of carboxylic acids is 1. The molecule has 156 valence electrons. The van der Waals surface area contributed by atoms with Crippen molar-refractivity contribution in [2.24, 2.45) is 0 Å². The van der Waals surface area contributed by atoms with E-state index in [2.05, 4.69) is 33.0 Å². The second kappa shape index (κ2) is 10.2. The van der Waals surface area contributed by atoms with Crippen LogP contribution in [-0.4, -0.2) is 17.0 Å². The molecular formula is C25H33NO3. The molecule has 0 radical (unpaired) electrons. The third kappa shape index (κ3) is 6.74. The first kappa shape index (κ1) is 22.7. The molecule has 0 fully saturated rings. The molecule has 1 atom stereocenters. The van der Waals surface area contributed by atoms with Gasteiger partial charge in [0.15, 0.2) is 0 Å². The topological polar surface area (TPSA) is 66.4 Å². The molecule has 2 aromatic rings. The van der Waals surface area contributed by atoms with Gasteiger partial charge in [0.25, 0.3) is 5.91 Å². The fourth-order valence-corrected chi connectivity index (χ4v) is 3.34. The van der Waals surface area contributed by atoms with Crippen LogP contribution in [0.2, 0.25) is 0 Å². The molecule has 0 heterocycles. The Morgan fingerprint density at radius 2 is 1.66 bits per heavy atom. The highest BCUT2D eigenvalue weighted by molar-refractivity contribution is 5.94. The van der Waals surface area contributed by atoms with Crippen molar-refractivity contribution in [1.82, 2.24) is 5.32 Å². The van der Waals surface area contributed by atoms with Crippen LogP contribution < -0.4 is 5.32 Å². The number of hydrogen-bond acceptors (Lipinski definition) is 2. The van der Waals surface area contributed by atoms with Gasteiger partial charge in [0.2, 0.25) is 0 Å². The van der Waals surface area contributed by atoms with Crippen LogP contribution in [0.5, 0.6) is 0 Å². The van der Waals surface area contributed by atoms with Crippen LogP contribution in [0.1, 0.15) is 97.7 Å². The van der Waals surface area contributed by atoms with Gasteiger partial charge >= 0.3 is 5.97 Å². The van der Waals surface area contributed by atoms with Gasteiger partial charge in [-0.25, -0.2) is 4.79 Å². The van der Waals surface area contributed by atoms with Crippen LogP contribution in [0.3, 0.4) is 0 Å². The van der Waals surface area contributed by atoms with E-state index in [4.69, 9.17) is 0 Å². The fourth-order valence-electron chi connectivity index (χ4n) is 3.34. The SMILES string of the molecule is CCCCCCC(NC(=O)c1ccccc1)c1cc(C(=O)O)cc(C(C)(C)C)c1. The smallest absolute Gasteiger partial charge is 0.335 e. The molecule has 1 amide bonds. The van der Waals surface area contributed by atoms with Gasteiger partial charge in [0.1, 0.15) is 0 Å². The Hall–Kier alpha value is -2.62. The molecule has 0 aromatic heterocycles. The largest absolute Gasteiger partial charge is 0.478 e. The molecule has 2 N–H and O–H groups in total. The molecule has 0 saturated heterocycles. The van der Waals surface area contributed by atoms with Crippen LogP contribution in [0.4, 0.5) is 0 Å². The Morgan fingerprint density at radius 3 is 2.24 bits per heavy atom. The van der Waals surface area contributed by atoms with Gasteiger partial charge in [-0.15, -0.1) is 0 Å². The number of amides is 1. The number of aromatic carboxylic acids is 1. The quantitative estimate of drug-likeness (QED) is 0.502. The molecule has 2 aromatic carbocycles. The van der Waals surface area contributed by atoms with E-state index in [1.165, 1.54) is 0 Å². The van der Waals surface area contributed by atoms with E-state index in [1.54, 1.807) is 24.3 Å². The van der Waals surface area contributed by atoms with Crippen LogP contribution in [-0.2, 0) is 5.41 Å². The molecule has 0 saturated carbocycles. The summed E-state index contributed by atoms with van der Waals surface area (Å²) < 4.78 is 0. The fraction of sp³-hybridized carbons (Fsp3) is 0.440. The normalized spacial score (nSPS) is 12.4. The van der Waals surface area contributed by atoms with Crippen LogP contribution in [0.15, 0.2) is 48.5 Å². The van der Waals surface area contributed by atoms with E-state index < -0.39 is 5.97 Å². The lowest BCUT2D eigenvalue weighted by Crippen LogP contribution is -2.29. The van der Waals surface area contributed by atoms with Gasteiger partial charge in [-0.2, -0.15) is 0 Å². The number of unbranched alkanes of at least 4 members (excludes halogenated alkanes) is 3. The highest BCUT2D eigenvalue weighted by Gasteiger charge is 2.22. The van der Waals surface area contributed by atoms with Crippen molar-refractivity contribution in [3.63, 3.8) is 0 Å². The number of rotatable bonds is 9. The van der Waals surface area contributed by atoms with E-state index in [9.17, 15) is 14.7 Å². The van der Waals surface area contributed by atoms with Crippen molar-refractivity contribution in [3.8, 4) is 0 Å². The second-order valence-corrected chi connectivity index (χ2v) is 8.64. The summed E-state index contributed by atoms with van der Waals surface area (Å²) in [6.07, 6.45) is 5.16. The molecule has 0 bridgehead atoms. The first-order chi connectivity index (χ1) is 13.7. The van der Waals surface area contributed by atoms with Gasteiger partial charge in [-0.05, 0) is 47.2 Å². The standard InChI is InChI=1S/C25H33NO3/c1-5-6-7-11-14-22(26-23(27)18-12-9-8-10-13-18)19-15-20(24(28)29)17-21(16-19)25(2,3)4/h8-10,12-13,15-17,22H,5-7,11,14H2,1-4H3,(H,26,27)(H,28,29). The average Bonchev–Trinajstić information content (AvgIpc) is 2.69. The zero-order valence-electron chi connectivity index (χ0n) is 18.0. The molecule has 29 heavy (non-hydrogen) atoms. The van der Waals surface area contributed by atoms with Crippen molar-refractivity contribution < 1.29 is 14.7 Å². The number of benzene rings is 2. The minimum atomic E-state index is -0.948. The van der Waals surface area contributed by atoms with Gasteiger partial charge in [-0.1, -0.05) is 77.6 Å². The van der Waals surface area contributed by atoms with E-state index in [-0.39, 0.29) is 22.9 Å². The highest BCUT2D eigenvalue weighted by Crippen LogP contribution is 2.29. The Kier molecular flexibility index (Phi) is 8.00. The maximum atomic E-state index is 12.8. The summed E-state index contributed by atoms with van der Waals surface area (Å²) in [6, 6.07) is 14.4. The van der Waals surface area contributed by atoms with Crippen molar-refractivity contribution >= 4 is 11.9 Å². The molecular weight excluding hydrogens is 362 g/mol. The van der Waals surface area contributed by atoms with Crippen LogP contribution in [0.25, 0.3) is 0 Å². The molecule has 1 unspecified atom stereocenters. The molecule has 4 heteroatoms. The average molecular weight is 396 g/mol. The van der Waals surface area contributed by atoms with Gasteiger partial charge in [-0.3, -0.25) is 4.79 Å². The number of carbonyl (C=O) groups is 2. The number of hydrogen-bond donors (Lipinski definition) is 2. The zero-order chi connectivity index (χ0) is 21.4. The van der Waals surface area contributed by atoms with Crippen LogP contribution >= 0.6 is 0 Å².